The Labute approximate surface area is 193 Å². The summed E-state index contributed by atoms with van der Waals surface area (Å²) in [5.74, 6) is -1.41. The van der Waals surface area contributed by atoms with Crippen molar-refractivity contribution >= 4 is 18.0 Å². The molecule has 0 aromatic heterocycles. The van der Waals surface area contributed by atoms with E-state index in [1.54, 1.807) is 13.8 Å². The third-order valence-corrected chi connectivity index (χ3v) is 6.85. The Bertz CT molecular complexity index is 1030. The van der Waals surface area contributed by atoms with E-state index < -0.39 is 23.0 Å². The number of hydrogen-bond acceptors (Lipinski definition) is 4. The van der Waals surface area contributed by atoms with Crippen LogP contribution in [0.1, 0.15) is 56.6 Å². The molecule has 1 fully saturated rings. The van der Waals surface area contributed by atoms with E-state index in [1.807, 2.05) is 24.3 Å². The molecule has 1 saturated carbocycles. The number of amides is 2. The molecule has 0 aliphatic heterocycles. The van der Waals surface area contributed by atoms with Gasteiger partial charge < -0.3 is 20.5 Å². The van der Waals surface area contributed by atoms with Crippen molar-refractivity contribution in [3.8, 4) is 11.1 Å². The average molecular weight is 451 g/mol. The van der Waals surface area contributed by atoms with Gasteiger partial charge in [0.25, 0.3) is 0 Å². The molecule has 2 aromatic carbocycles. The Hall–Kier alpha value is -3.35. The van der Waals surface area contributed by atoms with Crippen LogP contribution in [0.5, 0.6) is 0 Å². The molecule has 0 saturated heterocycles. The molecule has 7 heteroatoms. The Morgan fingerprint density at radius 1 is 1.00 bits per heavy atom. The van der Waals surface area contributed by atoms with Gasteiger partial charge in [0.1, 0.15) is 12.1 Å². The van der Waals surface area contributed by atoms with Crippen LogP contribution in [0.25, 0.3) is 11.1 Å². The van der Waals surface area contributed by atoms with E-state index in [0.29, 0.717) is 12.8 Å². The lowest BCUT2D eigenvalue weighted by atomic mass is 9.92. The van der Waals surface area contributed by atoms with Crippen LogP contribution in [-0.2, 0) is 14.3 Å². The standard InChI is InChI=1S/C26H30N2O5/c1-25(2,23(30)31)16-27-22(29)26(13-7-8-14-26)28-24(32)33-15-21-19-11-5-3-9-17(19)18-10-4-6-12-20(18)21/h3-6,9-12,21H,7-8,13-16H2,1-2H3,(H,27,29)(H,28,32)(H,30,31). The fourth-order valence-electron chi connectivity index (χ4n) is 4.76. The largest absolute Gasteiger partial charge is 0.481 e. The highest BCUT2D eigenvalue weighted by molar-refractivity contribution is 5.90. The lowest BCUT2D eigenvalue weighted by Gasteiger charge is -2.30. The second kappa shape index (κ2) is 8.89. The third kappa shape index (κ3) is 4.45. The van der Waals surface area contributed by atoms with Gasteiger partial charge in [-0.3, -0.25) is 9.59 Å². The second-order valence-corrected chi connectivity index (χ2v) is 9.61. The monoisotopic (exact) mass is 450 g/mol. The van der Waals surface area contributed by atoms with E-state index in [4.69, 9.17) is 4.74 Å². The number of benzene rings is 2. The number of alkyl carbamates (subject to hydrolysis) is 1. The van der Waals surface area contributed by atoms with Gasteiger partial charge in [-0.1, -0.05) is 61.4 Å². The van der Waals surface area contributed by atoms with E-state index in [-0.39, 0.29) is 25.0 Å². The molecule has 0 heterocycles. The molecule has 7 nitrogen and oxygen atoms in total. The van der Waals surface area contributed by atoms with E-state index in [9.17, 15) is 19.5 Å². The lowest BCUT2D eigenvalue weighted by Crippen LogP contribution is -2.58. The summed E-state index contributed by atoms with van der Waals surface area (Å²) in [6, 6.07) is 16.2. The molecule has 2 aromatic rings. The van der Waals surface area contributed by atoms with Gasteiger partial charge in [0, 0.05) is 12.5 Å². The number of rotatable bonds is 7. The molecule has 0 spiro atoms. The number of nitrogens with one attached hydrogen (secondary N) is 2. The van der Waals surface area contributed by atoms with Crippen molar-refractivity contribution in [3.63, 3.8) is 0 Å². The number of ether oxygens (including phenoxy) is 1. The molecule has 0 bridgehead atoms. The molecule has 0 atom stereocenters. The van der Waals surface area contributed by atoms with Crippen LogP contribution in [0.4, 0.5) is 4.79 Å². The molecular formula is C26H30N2O5. The van der Waals surface area contributed by atoms with Gasteiger partial charge in [-0.05, 0) is 48.9 Å². The van der Waals surface area contributed by atoms with Crippen LogP contribution in [-0.4, -0.2) is 41.8 Å². The zero-order valence-corrected chi connectivity index (χ0v) is 19.0. The lowest BCUT2D eigenvalue weighted by molar-refractivity contribution is -0.147. The minimum Gasteiger partial charge on any atom is -0.481 e. The van der Waals surface area contributed by atoms with E-state index >= 15 is 0 Å². The highest BCUT2D eigenvalue weighted by Gasteiger charge is 2.44. The van der Waals surface area contributed by atoms with Crippen molar-refractivity contribution in [2.24, 2.45) is 5.41 Å². The molecule has 2 aliphatic rings. The average Bonchev–Trinajstić information content (AvgIpc) is 3.39. The predicted molar refractivity (Wildman–Crippen MR) is 124 cm³/mol. The van der Waals surface area contributed by atoms with Gasteiger partial charge in [-0.15, -0.1) is 0 Å². The summed E-state index contributed by atoms with van der Waals surface area (Å²) in [4.78, 5) is 37.1. The summed E-state index contributed by atoms with van der Waals surface area (Å²) in [5, 5.41) is 14.8. The van der Waals surface area contributed by atoms with Crippen molar-refractivity contribution in [2.45, 2.75) is 51.0 Å². The van der Waals surface area contributed by atoms with Crippen molar-refractivity contribution in [3.05, 3.63) is 59.7 Å². The molecular weight excluding hydrogens is 420 g/mol. The van der Waals surface area contributed by atoms with Gasteiger partial charge in [0.2, 0.25) is 5.91 Å². The minimum absolute atomic E-state index is 0.0186. The van der Waals surface area contributed by atoms with Crippen LogP contribution in [0.15, 0.2) is 48.5 Å². The summed E-state index contributed by atoms with van der Waals surface area (Å²) < 4.78 is 5.64. The molecule has 174 valence electrons. The van der Waals surface area contributed by atoms with Crippen molar-refractivity contribution in [2.75, 3.05) is 13.2 Å². The number of fused-ring (bicyclic) bond motifs is 3. The van der Waals surface area contributed by atoms with Gasteiger partial charge in [0.05, 0.1) is 5.41 Å². The molecule has 33 heavy (non-hydrogen) atoms. The minimum atomic E-state index is -1.10. The molecule has 2 amide bonds. The number of carbonyl (C=O) groups excluding carboxylic acids is 2. The van der Waals surface area contributed by atoms with Gasteiger partial charge in [-0.25, -0.2) is 4.79 Å². The zero-order valence-electron chi connectivity index (χ0n) is 19.0. The first-order chi connectivity index (χ1) is 15.7. The number of carbonyl (C=O) groups is 3. The quantitative estimate of drug-likeness (QED) is 0.590. The van der Waals surface area contributed by atoms with Gasteiger partial charge >= 0.3 is 12.1 Å². The van der Waals surface area contributed by atoms with Gasteiger partial charge in [-0.2, -0.15) is 0 Å². The number of aliphatic carboxylic acids is 1. The van der Waals surface area contributed by atoms with Crippen molar-refractivity contribution in [1.82, 2.24) is 10.6 Å². The predicted octanol–water partition coefficient (Wildman–Crippen LogP) is 4.06. The van der Waals surface area contributed by atoms with Crippen molar-refractivity contribution < 1.29 is 24.2 Å². The van der Waals surface area contributed by atoms with Crippen LogP contribution in [0.3, 0.4) is 0 Å². The topological polar surface area (TPSA) is 105 Å². The van der Waals surface area contributed by atoms with Crippen molar-refractivity contribution in [1.29, 1.82) is 0 Å². The van der Waals surface area contributed by atoms with Crippen LogP contribution >= 0.6 is 0 Å². The normalized spacial score (nSPS) is 16.5. The maximum atomic E-state index is 13.0. The Kier molecular flexibility index (Phi) is 6.15. The van der Waals surface area contributed by atoms with Crippen LogP contribution < -0.4 is 10.6 Å². The second-order valence-electron chi connectivity index (χ2n) is 9.61. The molecule has 0 unspecified atom stereocenters. The summed E-state index contributed by atoms with van der Waals surface area (Å²) >= 11 is 0. The van der Waals surface area contributed by atoms with Gasteiger partial charge in [0.15, 0.2) is 0 Å². The first-order valence-corrected chi connectivity index (χ1v) is 11.4. The fraction of sp³-hybridized carbons (Fsp3) is 0.423. The molecule has 4 rings (SSSR count). The maximum Gasteiger partial charge on any atom is 0.408 e. The summed E-state index contributed by atoms with van der Waals surface area (Å²) in [6.45, 7) is 3.25. The van der Waals surface area contributed by atoms with E-state index in [1.165, 1.54) is 0 Å². The van der Waals surface area contributed by atoms with Crippen LogP contribution in [0, 0.1) is 5.41 Å². The summed E-state index contributed by atoms with van der Waals surface area (Å²) in [5.41, 5.74) is 2.37. The summed E-state index contributed by atoms with van der Waals surface area (Å²) in [6.07, 6.45) is 1.97. The molecule has 0 radical (unpaired) electrons. The van der Waals surface area contributed by atoms with E-state index in [2.05, 4.69) is 34.9 Å². The maximum absolute atomic E-state index is 13.0. The van der Waals surface area contributed by atoms with Crippen LogP contribution in [0.2, 0.25) is 0 Å². The zero-order chi connectivity index (χ0) is 23.6. The first kappa shape index (κ1) is 22.8. The molecule has 3 N–H and O–H groups in total. The third-order valence-electron chi connectivity index (χ3n) is 6.85. The number of hydrogen-bond donors (Lipinski definition) is 3. The number of carboxylic acid groups (broad SMARTS) is 1. The molecule has 2 aliphatic carbocycles. The Morgan fingerprint density at radius 3 is 2.09 bits per heavy atom. The van der Waals surface area contributed by atoms with E-state index in [0.717, 1.165) is 35.1 Å². The first-order valence-electron chi connectivity index (χ1n) is 11.4. The smallest absolute Gasteiger partial charge is 0.408 e. The summed E-state index contributed by atoms with van der Waals surface area (Å²) in [7, 11) is 0. The number of carboxylic acids is 1. The Morgan fingerprint density at radius 2 is 1.55 bits per heavy atom. The Balaban J connectivity index is 1.42. The fourth-order valence-corrected chi connectivity index (χ4v) is 4.76. The highest BCUT2D eigenvalue weighted by atomic mass is 16.5. The SMILES string of the molecule is CC(C)(CNC(=O)C1(NC(=O)OCC2c3ccccc3-c3ccccc32)CCCC1)C(=O)O. The highest BCUT2D eigenvalue weighted by Crippen LogP contribution is 2.44.